The molecular formula is C18H15ClN2O. The number of rotatable bonds is 1. The number of para-hydroxylation sites is 1. The van der Waals surface area contributed by atoms with Crippen LogP contribution in [0.5, 0.6) is 0 Å². The maximum Gasteiger partial charge on any atom is 0.257 e. The van der Waals surface area contributed by atoms with E-state index in [1.807, 2.05) is 24.4 Å². The molecule has 0 aromatic heterocycles. The Kier molecular flexibility index (Phi) is 3.16. The van der Waals surface area contributed by atoms with Gasteiger partial charge in [0, 0.05) is 29.0 Å². The quantitative estimate of drug-likeness (QED) is 0.805. The fourth-order valence-electron chi connectivity index (χ4n) is 3.15. The highest BCUT2D eigenvalue weighted by Crippen LogP contribution is 2.35. The summed E-state index contributed by atoms with van der Waals surface area (Å²) in [4.78, 5) is 14.5. The van der Waals surface area contributed by atoms with E-state index in [1.165, 1.54) is 11.3 Å². The summed E-state index contributed by atoms with van der Waals surface area (Å²) >= 11 is 6.00. The smallest absolute Gasteiger partial charge is 0.257 e. The minimum Gasteiger partial charge on any atom is -0.347 e. The molecular weight excluding hydrogens is 296 g/mol. The lowest BCUT2D eigenvalue weighted by atomic mass is 10.0. The fourth-order valence-corrected chi connectivity index (χ4v) is 3.32. The van der Waals surface area contributed by atoms with E-state index in [2.05, 4.69) is 28.4 Å². The van der Waals surface area contributed by atoms with Crippen LogP contribution in [0.25, 0.3) is 5.57 Å². The van der Waals surface area contributed by atoms with Gasteiger partial charge in [-0.15, -0.1) is 0 Å². The molecule has 2 aliphatic heterocycles. The second-order valence-corrected chi connectivity index (χ2v) is 6.05. The molecule has 2 heterocycles. The van der Waals surface area contributed by atoms with Crippen molar-refractivity contribution >= 4 is 34.5 Å². The average Bonchev–Trinajstić information content (AvgIpc) is 2.83. The molecule has 0 bridgehead atoms. The maximum absolute atomic E-state index is 12.3. The van der Waals surface area contributed by atoms with Crippen molar-refractivity contribution in [1.29, 1.82) is 0 Å². The van der Waals surface area contributed by atoms with Crippen molar-refractivity contribution in [3.05, 3.63) is 64.8 Å². The third kappa shape index (κ3) is 2.18. The predicted octanol–water partition coefficient (Wildman–Crippen LogP) is 4.09. The van der Waals surface area contributed by atoms with Gasteiger partial charge in [-0.1, -0.05) is 35.9 Å². The molecule has 0 spiro atoms. The van der Waals surface area contributed by atoms with Crippen molar-refractivity contribution < 1.29 is 4.79 Å². The van der Waals surface area contributed by atoms with E-state index in [9.17, 15) is 4.79 Å². The Balaban J connectivity index is 1.77. The molecule has 0 unspecified atom stereocenters. The number of carbonyl (C=O) groups is 1. The minimum atomic E-state index is -0.0691. The molecule has 0 radical (unpaired) electrons. The first kappa shape index (κ1) is 13.4. The van der Waals surface area contributed by atoms with Crippen LogP contribution < -0.4 is 10.2 Å². The number of nitrogens with one attached hydrogen (secondary N) is 1. The van der Waals surface area contributed by atoms with Crippen LogP contribution in [0.1, 0.15) is 17.5 Å². The number of hydrogen-bond donors (Lipinski definition) is 1. The Labute approximate surface area is 134 Å². The highest BCUT2D eigenvalue weighted by Gasteiger charge is 2.26. The van der Waals surface area contributed by atoms with E-state index in [-0.39, 0.29) is 5.91 Å². The first-order valence-electron chi connectivity index (χ1n) is 7.40. The van der Waals surface area contributed by atoms with Crippen molar-refractivity contribution in [2.75, 3.05) is 16.8 Å². The van der Waals surface area contributed by atoms with Gasteiger partial charge < -0.3 is 10.2 Å². The first-order chi connectivity index (χ1) is 10.7. The summed E-state index contributed by atoms with van der Waals surface area (Å²) in [6.45, 7) is 0.927. The molecule has 0 saturated carbocycles. The van der Waals surface area contributed by atoms with Crippen molar-refractivity contribution in [1.82, 2.24) is 0 Å². The van der Waals surface area contributed by atoms with E-state index in [0.29, 0.717) is 10.6 Å². The van der Waals surface area contributed by atoms with Crippen LogP contribution in [0.4, 0.5) is 11.4 Å². The first-order valence-corrected chi connectivity index (χ1v) is 7.78. The van der Waals surface area contributed by atoms with Crippen LogP contribution in [0.2, 0.25) is 5.02 Å². The predicted molar refractivity (Wildman–Crippen MR) is 90.2 cm³/mol. The SMILES string of the molecule is O=C1Nc2cc(Cl)ccc2/C1=C/N1CCCc2ccccc21. The normalized spacial score (nSPS) is 18.1. The molecule has 1 amide bonds. The average molecular weight is 311 g/mol. The zero-order chi connectivity index (χ0) is 15.1. The number of aryl methyl sites for hydroxylation is 1. The van der Waals surface area contributed by atoms with E-state index < -0.39 is 0 Å². The molecule has 2 aromatic carbocycles. The van der Waals surface area contributed by atoms with Crippen LogP contribution in [0.3, 0.4) is 0 Å². The number of halogens is 1. The largest absolute Gasteiger partial charge is 0.347 e. The van der Waals surface area contributed by atoms with Crippen LogP contribution in [0, 0.1) is 0 Å². The second-order valence-electron chi connectivity index (χ2n) is 5.61. The van der Waals surface area contributed by atoms with Crippen molar-refractivity contribution in [2.45, 2.75) is 12.8 Å². The summed E-state index contributed by atoms with van der Waals surface area (Å²) in [5.41, 5.74) is 4.92. The van der Waals surface area contributed by atoms with E-state index in [0.717, 1.165) is 30.6 Å². The zero-order valence-electron chi connectivity index (χ0n) is 12.0. The highest BCUT2D eigenvalue weighted by molar-refractivity contribution is 6.34. The van der Waals surface area contributed by atoms with Gasteiger partial charge in [-0.3, -0.25) is 4.79 Å². The molecule has 110 valence electrons. The maximum atomic E-state index is 12.3. The Hall–Kier alpha value is -2.26. The molecule has 4 rings (SSSR count). The summed E-state index contributed by atoms with van der Waals surface area (Å²) < 4.78 is 0. The van der Waals surface area contributed by atoms with Gasteiger partial charge in [0.25, 0.3) is 5.91 Å². The van der Waals surface area contributed by atoms with Crippen molar-refractivity contribution in [3.63, 3.8) is 0 Å². The Morgan fingerprint density at radius 1 is 1.18 bits per heavy atom. The lowest BCUT2D eigenvalue weighted by molar-refractivity contribution is -0.110. The van der Waals surface area contributed by atoms with Gasteiger partial charge in [0.15, 0.2) is 0 Å². The fraction of sp³-hybridized carbons (Fsp3) is 0.167. The molecule has 0 aliphatic carbocycles. The van der Waals surface area contributed by atoms with E-state index in [1.54, 1.807) is 6.07 Å². The molecule has 22 heavy (non-hydrogen) atoms. The summed E-state index contributed by atoms with van der Waals surface area (Å²) in [6, 6.07) is 13.9. The van der Waals surface area contributed by atoms with Gasteiger partial charge in [-0.25, -0.2) is 0 Å². The lowest BCUT2D eigenvalue weighted by Crippen LogP contribution is -2.24. The van der Waals surface area contributed by atoms with Crippen LogP contribution in [0.15, 0.2) is 48.7 Å². The van der Waals surface area contributed by atoms with Gasteiger partial charge in [0.1, 0.15) is 0 Å². The number of fused-ring (bicyclic) bond motifs is 2. The van der Waals surface area contributed by atoms with Crippen LogP contribution >= 0.6 is 11.6 Å². The lowest BCUT2D eigenvalue weighted by Gasteiger charge is -2.28. The number of anilines is 2. The molecule has 4 heteroatoms. The summed E-state index contributed by atoms with van der Waals surface area (Å²) in [5.74, 6) is -0.0691. The molecule has 2 aliphatic rings. The molecule has 2 aromatic rings. The third-order valence-electron chi connectivity index (χ3n) is 4.20. The molecule has 0 atom stereocenters. The number of benzene rings is 2. The molecule has 0 saturated heterocycles. The van der Waals surface area contributed by atoms with E-state index >= 15 is 0 Å². The van der Waals surface area contributed by atoms with Gasteiger partial charge in [0.05, 0.1) is 11.3 Å². The Bertz CT molecular complexity index is 797. The van der Waals surface area contributed by atoms with Gasteiger partial charge in [-0.05, 0) is 36.6 Å². The summed E-state index contributed by atoms with van der Waals surface area (Å²) in [5, 5.41) is 3.51. The van der Waals surface area contributed by atoms with Crippen molar-refractivity contribution in [2.24, 2.45) is 0 Å². The minimum absolute atomic E-state index is 0.0691. The van der Waals surface area contributed by atoms with Crippen LogP contribution in [-0.4, -0.2) is 12.5 Å². The molecule has 1 N–H and O–H groups in total. The van der Waals surface area contributed by atoms with Gasteiger partial charge >= 0.3 is 0 Å². The Morgan fingerprint density at radius 2 is 2.05 bits per heavy atom. The Morgan fingerprint density at radius 3 is 2.95 bits per heavy atom. The van der Waals surface area contributed by atoms with Gasteiger partial charge in [-0.2, -0.15) is 0 Å². The number of nitrogens with zero attached hydrogens (tertiary/aromatic N) is 1. The number of carbonyl (C=O) groups excluding carboxylic acids is 1. The zero-order valence-corrected chi connectivity index (χ0v) is 12.7. The second kappa shape index (κ2) is 5.18. The summed E-state index contributed by atoms with van der Waals surface area (Å²) in [7, 11) is 0. The topological polar surface area (TPSA) is 32.3 Å². The van der Waals surface area contributed by atoms with Crippen molar-refractivity contribution in [3.8, 4) is 0 Å². The number of hydrogen-bond acceptors (Lipinski definition) is 2. The monoisotopic (exact) mass is 310 g/mol. The summed E-state index contributed by atoms with van der Waals surface area (Å²) in [6.07, 6.45) is 4.15. The van der Waals surface area contributed by atoms with Gasteiger partial charge in [0.2, 0.25) is 0 Å². The number of amides is 1. The molecule has 3 nitrogen and oxygen atoms in total. The highest BCUT2D eigenvalue weighted by atomic mass is 35.5. The standard InChI is InChI=1S/C18H15ClN2O/c19-13-7-8-14-15(18(22)20-16(14)10-13)11-21-9-3-5-12-4-1-2-6-17(12)21/h1-2,4,6-8,10-11H,3,5,9H2,(H,20,22)/b15-11-. The third-order valence-corrected chi connectivity index (χ3v) is 4.43. The van der Waals surface area contributed by atoms with E-state index in [4.69, 9.17) is 11.6 Å². The van der Waals surface area contributed by atoms with Crippen LogP contribution in [-0.2, 0) is 11.2 Å². The molecule has 0 fully saturated rings.